The van der Waals surface area contributed by atoms with Crippen LogP contribution in [0.4, 0.5) is 16.2 Å². The van der Waals surface area contributed by atoms with Gasteiger partial charge in [-0.2, -0.15) is 4.98 Å². The molecule has 0 aliphatic heterocycles. The highest BCUT2D eigenvalue weighted by atomic mass is 19.1. The summed E-state index contributed by atoms with van der Waals surface area (Å²) in [5, 5.41) is 5.84. The van der Waals surface area contributed by atoms with E-state index in [0.29, 0.717) is 17.5 Å². The van der Waals surface area contributed by atoms with Crippen LogP contribution in [0.15, 0.2) is 29.7 Å². The van der Waals surface area contributed by atoms with E-state index in [-0.39, 0.29) is 5.83 Å². The van der Waals surface area contributed by atoms with Gasteiger partial charge in [0.2, 0.25) is 5.95 Å². The van der Waals surface area contributed by atoms with Crippen molar-refractivity contribution in [3.05, 3.63) is 35.4 Å². The van der Waals surface area contributed by atoms with E-state index in [4.69, 9.17) is 0 Å². The first-order chi connectivity index (χ1) is 8.19. The number of aryl methyl sites for hydroxylation is 1. The molecule has 1 aromatic rings. The fourth-order valence-corrected chi connectivity index (χ4v) is 1.63. The van der Waals surface area contributed by atoms with Crippen LogP contribution in [0.3, 0.4) is 0 Å². The molecule has 0 amide bonds. The summed E-state index contributed by atoms with van der Waals surface area (Å²) in [5.74, 6) is 0.874. The van der Waals surface area contributed by atoms with E-state index >= 15 is 0 Å². The Morgan fingerprint density at radius 1 is 1.24 bits per heavy atom. The number of nitrogens with one attached hydrogen (secondary N) is 2. The van der Waals surface area contributed by atoms with Gasteiger partial charge in [-0.15, -0.1) is 0 Å². The van der Waals surface area contributed by atoms with E-state index in [2.05, 4.69) is 20.6 Å². The topological polar surface area (TPSA) is 49.8 Å². The van der Waals surface area contributed by atoms with Gasteiger partial charge in [0, 0.05) is 18.8 Å². The van der Waals surface area contributed by atoms with E-state index in [0.717, 1.165) is 18.5 Å². The summed E-state index contributed by atoms with van der Waals surface area (Å²) in [4.78, 5) is 8.43. The third-order valence-electron chi connectivity index (χ3n) is 2.45. The average Bonchev–Trinajstić information content (AvgIpc) is 2.31. The summed E-state index contributed by atoms with van der Waals surface area (Å²) in [6.07, 6.45) is 4.96. The quantitative estimate of drug-likeness (QED) is 0.844. The second-order valence-corrected chi connectivity index (χ2v) is 3.84. The molecule has 1 aromatic heterocycles. The molecule has 0 aromatic carbocycles. The second kappa shape index (κ2) is 4.95. The number of hydrogen-bond donors (Lipinski definition) is 2. The molecular formula is C12H15FN4. The van der Waals surface area contributed by atoms with Crippen molar-refractivity contribution in [2.45, 2.75) is 19.8 Å². The molecule has 0 radical (unpaired) electrons. The molecule has 0 saturated carbocycles. The van der Waals surface area contributed by atoms with E-state index in [9.17, 15) is 4.39 Å². The van der Waals surface area contributed by atoms with Gasteiger partial charge in [0.1, 0.15) is 11.6 Å². The van der Waals surface area contributed by atoms with Crippen LogP contribution in [0.2, 0.25) is 0 Å². The molecule has 1 heterocycles. The molecule has 4 nitrogen and oxygen atoms in total. The zero-order chi connectivity index (χ0) is 12.3. The van der Waals surface area contributed by atoms with Gasteiger partial charge < -0.3 is 10.6 Å². The molecule has 0 unspecified atom stereocenters. The standard InChI is InChI=1S/C12H15FN4/c1-8-7-11(14-2)17-12(15-8)16-10-6-4-3-5-9(10)13/h5-7H,3-4H2,1-2H3,(H2,14,15,16,17). The van der Waals surface area contributed by atoms with Gasteiger partial charge in [-0.05, 0) is 25.8 Å². The minimum Gasteiger partial charge on any atom is -0.373 e. The van der Waals surface area contributed by atoms with Crippen LogP contribution in [-0.4, -0.2) is 17.0 Å². The van der Waals surface area contributed by atoms with Gasteiger partial charge in [-0.3, -0.25) is 0 Å². The van der Waals surface area contributed by atoms with Crippen LogP contribution in [0.5, 0.6) is 0 Å². The molecule has 0 saturated heterocycles. The van der Waals surface area contributed by atoms with Crippen molar-refractivity contribution in [1.29, 1.82) is 0 Å². The molecule has 17 heavy (non-hydrogen) atoms. The van der Waals surface area contributed by atoms with Crippen molar-refractivity contribution in [2.75, 3.05) is 17.7 Å². The predicted molar refractivity (Wildman–Crippen MR) is 66.4 cm³/mol. The molecule has 0 fully saturated rings. The summed E-state index contributed by atoms with van der Waals surface area (Å²) < 4.78 is 13.5. The second-order valence-electron chi connectivity index (χ2n) is 3.84. The Morgan fingerprint density at radius 2 is 2.00 bits per heavy atom. The van der Waals surface area contributed by atoms with Crippen LogP contribution in [0.1, 0.15) is 18.5 Å². The highest BCUT2D eigenvalue weighted by Crippen LogP contribution is 2.21. The van der Waals surface area contributed by atoms with Crippen LogP contribution in [0, 0.1) is 6.92 Å². The summed E-state index contributed by atoms with van der Waals surface area (Å²) in [7, 11) is 1.78. The molecule has 5 heteroatoms. The summed E-state index contributed by atoms with van der Waals surface area (Å²) in [6, 6.07) is 1.83. The van der Waals surface area contributed by atoms with E-state index in [1.807, 2.05) is 19.1 Å². The highest BCUT2D eigenvalue weighted by Gasteiger charge is 2.10. The van der Waals surface area contributed by atoms with Crippen molar-refractivity contribution in [1.82, 2.24) is 9.97 Å². The van der Waals surface area contributed by atoms with Crippen LogP contribution in [0.25, 0.3) is 0 Å². The Balaban J connectivity index is 2.21. The molecule has 90 valence electrons. The lowest BCUT2D eigenvalue weighted by molar-refractivity contribution is 0.636. The number of hydrogen-bond acceptors (Lipinski definition) is 4. The summed E-state index contributed by atoms with van der Waals surface area (Å²) in [6.45, 7) is 1.87. The Labute approximate surface area is 99.7 Å². The Bertz CT molecular complexity index is 479. The lowest BCUT2D eigenvalue weighted by atomic mass is 10.1. The highest BCUT2D eigenvalue weighted by molar-refractivity contribution is 5.48. The maximum atomic E-state index is 13.5. The van der Waals surface area contributed by atoms with Gasteiger partial charge in [0.15, 0.2) is 0 Å². The molecule has 2 rings (SSSR count). The molecule has 0 atom stereocenters. The smallest absolute Gasteiger partial charge is 0.229 e. The van der Waals surface area contributed by atoms with Crippen molar-refractivity contribution in [2.24, 2.45) is 0 Å². The Hall–Kier alpha value is -1.91. The van der Waals surface area contributed by atoms with Crippen LogP contribution in [-0.2, 0) is 0 Å². The number of rotatable bonds is 3. The minimum atomic E-state index is -0.243. The van der Waals surface area contributed by atoms with Crippen LogP contribution >= 0.6 is 0 Å². The normalized spacial score (nSPS) is 15.0. The molecule has 0 spiro atoms. The Kier molecular flexibility index (Phi) is 3.37. The zero-order valence-corrected chi connectivity index (χ0v) is 9.92. The van der Waals surface area contributed by atoms with Gasteiger partial charge >= 0.3 is 0 Å². The minimum absolute atomic E-state index is 0.243. The Morgan fingerprint density at radius 3 is 2.71 bits per heavy atom. The van der Waals surface area contributed by atoms with Gasteiger partial charge in [0.25, 0.3) is 0 Å². The molecular weight excluding hydrogens is 219 g/mol. The average molecular weight is 234 g/mol. The van der Waals surface area contributed by atoms with Crippen molar-refractivity contribution in [3.63, 3.8) is 0 Å². The number of halogens is 1. The lowest BCUT2D eigenvalue weighted by Crippen LogP contribution is -2.08. The number of anilines is 2. The fraction of sp³-hybridized carbons (Fsp3) is 0.333. The third kappa shape index (κ3) is 2.81. The van der Waals surface area contributed by atoms with Gasteiger partial charge in [-0.1, -0.05) is 6.08 Å². The van der Waals surface area contributed by atoms with Crippen molar-refractivity contribution in [3.8, 4) is 0 Å². The SMILES string of the molecule is CNc1cc(C)nc(NC2=CCCC=C2F)n1. The van der Waals surface area contributed by atoms with Crippen molar-refractivity contribution >= 4 is 11.8 Å². The number of allylic oxidation sites excluding steroid dienone is 3. The first-order valence-corrected chi connectivity index (χ1v) is 5.55. The summed E-state index contributed by atoms with van der Waals surface area (Å²) in [5.41, 5.74) is 1.27. The van der Waals surface area contributed by atoms with Crippen LogP contribution < -0.4 is 10.6 Å². The molecule has 1 aliphatic carbocycles. The number of nitrogens with zero attached hydrogens (tertiary/aromatic N) is 2. The van der Waals surface area contributed by atoms with Gasteiger partial charge in [0.05, 0.1) is 5.70 Å². The van der Waals surface area contributed by atoms with E-state index in [1.165, 1.54) is 0 Å². The third-order valence-corrected chi connectivity index (χ3v) is 2.45. The first kappa shape index (κ1) is 11.6. The number of aromatic nitrogens is 2. The molecule has 2 N–H and O–H groups in total. The molecule has 0 bridgehead atoms. The van der Waals surface area contributed by atoms with Crippen molar-refractivity contribution < 1.29 is 4.39 Å². The largest absolute Gasteiger partial charge is 0.373 e. The molecule has 1 aliphatic rings. The van der Waals surface area contributed by atoms with E-state index in [1.54, 1.807) is 13.1 Å². The monoisotopic (exact) mass is 234 g/mol. The fourth-order valence-electron chi connectivity index (χ4n) is 1.63. The van der Waals surface area contributed by atoms with Gasteiger partial charge in [-0.25, -0.2) is 9.37 Å². The lowest BCUT2D eigenvalue weighted by Gasteiger charge is -2.12. The maximum Gasteiger partial charge on any atom is 0.229 e. The van der Waals surface area contributed by atoms with E-state index < -0.39 is 0 Å². The maximum absolute atomic E-state index is 13.5. The summed E-state index contributed by atoms with van der Waals surface area (Å²) >= 11 is 0. The zero-order valence-electron chi connectivity index (χ0n) is 9.92. The first-order valence-electron chi connectivity index (χ1n) is 5.55. The predicted octanol–water partition coefficient (Wildman–Crippen LogP) is 2.77.